The van der Waals surface area contributed by atoms with Crippen molar-refractivity contribution in [3.8, 4) is 17.1 Å². The van der Waals surface area contributed by atoms with Crippen LogP contribution in [0.2, 0.25) is 10.0 Å². The molecule has 0 radical (unpaired) electrons. The van der Waals surface area contributed by atoms with Gasteiger partial charge >= 0.3 is 6.01 Å². The minimum atomic E-state index is 0.207. The second-order valence-electron chi connectivity index (χ2n) is 6.15. The van der Waals surface area contributed by atoms with Crippen LogP contribution in [0, 0.1) is 5.92 Å². The SMILES string of the molecule is Clc1cccc(-c2cnc(OC3CN4CCC3CC4)nc2)c1Cl. The van der Waals surface area contributed by atoms with E-state index in [1.165, 1.54) is 25.9 Å². The van der Waals surface area contributed by atoms with Crippen LogP contribution in [0.4, 0.5) is 0 Å². The summed E-state index contributed by atoms with van der Waals surface area (Å²) in [7, 11) is 0. The molecule has 1 aromatic carbocycles. The van der Waals surface area contributed by atoms with Gasteiger partial charge in [-0.25, -0.2) is 9.97 Å². The zero-order valence-electron chi connectivity index (χ0n) is 12.6. The van der Waals surface area contributed by atoms with E-state index in [1.54, 1.807) is 18.5 Å². The van der Waals surface area contributed by atoms with E-state index in [4.69, 9.17) is 27.9 Å². The summed E-state index contributed by atoms with van der Waals surface area (Å²) in [5, 5.41) is 1.04. The van der Waals surface area contributed by atoms with Gasteiger partial charge in [0.1, 0.15) is 6.10 Å². The second kappa shape index (κ2) is 6.27. The number of ether oxygens (including phenoxy) is 1. The first-order valence-electron chi connectivity index (χ1n) is 7.86. The summed E-state index contributed by atoms with van der Waals surface area (Å²) in [5.74, 6) is 0.630. The van der Waals surface area contributed by atoms with Gasteiger partial charge in [0.15, 0.2) is 0 Å². The van der Waals surface area contributed by atoms with Crippen LogP contribution >= 0.6 is 23.2 Å². The molecule has 1 atom stereocenters. The predicted molar refractivity (Wildman–Crippen MR) is 91.1 cm³/mol. The van der Waals surface area contributed by atoms with Crippen molar-refractivity contribution in [2.75, 3.05) is 19.6 Å². The lowest BCUT2D eigenvalue weighted by Gasteiger charge is -2.43. The molecular weight excluding hydrogens is 333 g/mol. The van der Waals surface area contributed by atoms with Crippen molar-refractivity contribution in [2.24, 2.45) is 5.92 Å². The fourth-order valence-corrected chi connectivity index (χ4v) is 3.83. The average molecular weight is 350 g/mol. The first-order valence-corrected chi connectivity index (χ1v) is 8.62. The number of piperidine rings is 3. The van der Waals surface area contributed by atoms with Crippen LogP contribution in [0.15, 0.2) is 30.6 Å². The summed E-state index contributed by atoms with van der Waals surface area (Å²) in [6, 6.07) is 5.96. The normalized spacial score (nSPS) is 26.3. The number of hydrogen-bond donors (Lipinski definition) is 0. The van der Waals surface area contributed by atoms with E-state index >= 15 is 0 Å². The van der Waals surface area contributed by atoms with E-state index < -0.39 is 0 Å². The smallest absolute Gasteiger partial charge is 0.316 e. The fraction of sp³-hybridized carbons (Fsp3) is 0.412. The van der Waals surface area contributed by atoms with Gasteiger partial charge in [-0.1, -0.05) is 35.3 Å². The Balaban J connectivity index is 1.51. The summed E-state index contributed by atoms with van der Waals surface area (Å²) >= 11 is 12.3. The maximum atomic E-state index is 6.24. The van der Waals surface area contributed by atoms with E-state index in [2.05, 4.69) is 14.9 Å². The summed E-state index contributed by atoms with van der Waals surface area (Å²) in [5.41, 5.74) is 1.66. The molecule has 3 fully saturated rings. The minimum Gasteiger partial charge on any atom is -0.458 e. The molecule has 0 saturated carbocycles. The molecule has 0 amide bonds. The van der Waals surface area contributed by atoms with E-state index in [0.717, 1.165) is 17.7 Å². The minimum absolute atomic E-state index is 0.207. The Morgan fingerprint density at radius 1 is 1.09 bits per heavy atom. The molecule has 1 aromatic heterocycles. The molecule has 5 rings (SSSR count). The number of fused-ring (bicyclic) bond motifs is 3. The van der Waals surface area contributed by atoms with Crippen LogP contribution in [-0.2, 0) is 0 Å². The maximum Gasteiger partial charge on any atom is 0.316 e. The van der Waals surface area contributed by atoms with Gasteiger partial charge in [-0.2, -0.15) is 0 Å². The molecule has 2 aromatic rings. The topological polar surface area (TPSA) is 38.2 Å². The molecule has 0 N–H and O–H groups in total. The number of aromatic nitrogens is 2. The lowest BCUT2D eigenvalue weighted by Crippen LogP contribution is -2.52. The standard InChI is InChI=1S/C17H17Cl2N3O/c18-14-3-1-2-13(16(14)19)12-8-20-17(21-9-12)23-15-10-22-6-4-11(15)5-7-22/h1-3,8-9,11,15H,4-7,10H2. The molecule has 6 heteroatoms. The highest BCUT2D eigenvalue weighted by Gasteiger charge is 2.35. The predicted octanol–water partition coefficient (Wildman–Crippen LogP) is 3.92. The Labute approximate surface area is 145 Å². The number of nitrogens with zero attached hydrogens (tertiary/aromatic N) is 3. The monoisotopic (exact) mass is 349 g/mol. The van der Waals surface area contributed by atoms with Crippen molar-refractivity contribution < 1.29 is 4.74 Å². The molecule has 23 heavy (non-hydrogen) atoms. The van der Waals surface area contributed by atoms with Crippen molar-refractivity contribution in [3.63, 3.8) is 0 Å². The second-order valence-corrected chi connectivity index (χ2v) is 6.94. The highest BCUT2D eigenvalue weighted by atomic mass is 35.5. The highest BCUT2D eigenvalue weighted by molar-refractivity contribution is 6.43. The van der Waals surface area contributed by atoms with Crippen molar-refractivity contribution in [2.45, 2.75) is 18.9 Å². The molecular formula is C17H17Cl2N3O. The lowest BCUT2D eigenvalue weighted by atomic mass is 9.86. The lowest BCUT2D eigenvalue weighted by molar-refractivity contribution is -0.0123. The number of halogens is 2. The summed E-state index contributed by atoms with van der Waals surface area (Å²) in [6.07, 6.45) is 6.10. The summed E-state index contributed by atoms with van der Waals surface area (Å²) < 4.78 is 6.01. The van der Waals surface area contributed by atoms with Crippen LogP contribution in [0.5, 0.6) is 6.01 Å². The van der Waals surface area contributed by atoms with Crippen molar-refractivity contribution in [3.05, 3.63) is 40.6 Å². The van der Waals surface area contributed by atoms with E-state index in [-0.39, 0.29) is 6.10 Å². The highest BCUT2D eigenvalue weighted by Crippen LogP contribution is 2.33. The van der Waals surface area contributed by atoms with Gasteiger partial charge in [-0.05, 0) is 37.9 Å². The van der Waals surface area contributed by atoms with Crippen LogP contribution in [0.25, 0.3) is 11.1 Å². The van der Waals surface area contributed by atoms with Gasteiger partial charge in [0.2, 0.25) is 0 Å². The van der Waals surface area contributed by atoms with E-state index in [1.807, 2.05) is 12.1 Å². The van der Waals surface area contributed by atoms with Crippen LogP contribution in [0.1, 0.15) is 12.8 Å². The molecule has 3 aliphatic heterocycles. The van der Waals surface area contributed by atoms with Gasteiger partial charge in [0.05, 0.1) is 10.0 Å². The van der Waals surface area contributed by atoms with Gasteiger partial charge in [0, 0.05) is 30.1 Å². The van der Waals surface area contributed by atoms with E-state index in [9.17, 15) is 0 Å². The first-order chi connectivity index (χ1) is 11.2. The molecule has 2 bridgehead atoms. The quantitative estimate of drug-likeness (QED) is 0.841. The van der Waals surface area contributed by atoms with Gasteiger partial charge in [-0.15, -0.1) is 0 Å². The van der Waals surface area contributed by atoms with Crippen molar-refractivity contribution >= 4 is 23.2 Å². The van der Waals surface area contributed by atoms with Crippen molar-refractivity contribution in [1.82, 2.24) is 14.9 Å². The Morgan fingerprint density at radius 2 is 1.83 bits per heavy atom. The maximum absolute atomic E-state index is 6.24. The molecule has 0 aliphatic carbocycles. The number of rotatable bonds is 3. The van der Waals surface area contributed by atoms with Crippen molar-refractivity contribution in [1.29, 1.82) is 0 Å². The third kappa shape index (κ3) is 3.03. The summed E-state index contributed by atoms with van der Waals surface area (Å²) in [6.45, 7) is 3.37. The molecule has 120 valence electrons. The third-order valence-corrected chi connectivity index (χ3v) is 5.56. The third-order valence-electron chi connectivity index (χ3n) is 4.74. The van der Waals surface area contributed by atoms with Crippen LogP contribution in [0.3, 0.4) is 0 Å². The van der Waals surface area contributed by atoms with Crippen LogP contribution < -0.4 is 4.74 Å². The molecule has 0 spiro atoms. The largest absolute Gasteiger partial charge is 0.458 e. The zero-order chi connectivity index (χ0) is 15.8. The van der Waals surface area contributed by atoms with Crippen LogP contribution in [-0.4, -0.2) is 40.6 Å². The number of benzene rings is 1. The Bertz CT molecular complexity index is 699. The van der Waals surface area contributed by atoms with Gasteiger partial charge in [-0.3, -0.25) is 4.90 Å². The number of hydrogen-bond acceptors (Lipinski definition) is 4. The van der Waals surface area contributed by atoms with E-state index in [0.29, 0.717) is 22.0 Å². The Morgan fingerprint density at radius 3 is 2.48 bits per heavy atom. The van der Waals surface area contributed by atoms with Gasteiger partial charge in [0.25, 0.3) is 0 Å². The fourth-order valence-electron chi connectivity index (χ4n) is 3.42. The summed E-state index contributed by atoms with van der Waals surface area (Å²) in [4.78, 5) is 11.1. The van der Waals surface area contributed by atoms with Gasteiger partial charge < -0.3 is 4.74 Å². The Kier molecular flexibility index (Phi) is 4.14. The Hall–Kier alpha value is -1.36. The molecule has 3 saturated heterocycles. The molecule has 1 unspecified atom stereocenters. The molecule has 4 heterocycles. The first kappa shape index (κ1) is 15.2. The zero-order valence-corrected chi connectivity index (χ0v) is 14.1. The molecule has 4 nitrogen and oxygen atoms in total. The average Bonchev–Trinajstić information content (AvgIpc) is 2.59. The molecule has 3 aliphatic rings.